The van der Waals surface area contributed by atoms with E-state index in [9.17, 15) is 0 Å². The first-order valence-corrected chi connectivity index (χ1v) is 8.85. The molecule has 0 radical (unpaired) electrons. The zero-order valence-corrected chi connectivity index (χ0v) is 15.2. The second kappa shape index (κ2) is 5.88. The molecule has 1 aliphatic heterocycles. The van der Waals surface area contributed by atoms with Gasteiger partial charge in [-0.15, -0.1) is 5.10 Å². The minimum Gasteiger partial charge on any atom is -0.250 e. The van der Waals surface area contributed by atoms with Crippen molar-refractivity contribution >= 4 is 39.9 Å². The number of benzene rings is 1. The minimum atomic E-state index is -0.0268. The third kappa shape index (κ3) is 2.45. The lowest BCUT2D eigenvalue weighted by Crippen LogP contribution is -2.27. The van der Waals surface area contributed by atoms with Crippen LogP contribution in [0.15, 0.2) is 30.7 Å². The zero-order chi connectivity index (χ0) is 17.8. The molecule has 1 aliphatic rings. The maximum absolute atomic E-state index is 6.13. The number of hydrazine groups is 1. The Morgan fingerprint density at radius 1 is 1.12 bits per heavy atom. The van der Waals surface area contributed by atoms with Crippen LogP contribution in [0.5, 0.6) is 0 Å². The van der Waals surface area contributed by atoms with Crippen molar-refractivity contribution in [1.82, 2.24) is 40.2 Å². The molecule has 2 atom stereocenters. The van der Waals surface area contributed by atoms with Crippen LogP contribution in [0.1, 0.15) is 29.9 Å². The summed E-state index contributed by atoms with van der Waals surface area (Å²) in [5.41, 5.74) is 9.14. The Morgan fingerprint density at radius 3 is 2.81 bits per heavy atom. The van der Waals surface area contributed by atoms with E-state index in [2.05, 4.69) is 26.0 Å². The SMILES string of the molecule is Cn1ncc2c1ncn1nc(C3CC(c4ccc(Cl)c(Cl)c4)NN3)nc21. The summed E-state index contributed by atoms with van der Waals surface area (Å²) in [7, 11) is 1.85. The van der Waals surface area contributed by atoms with Gasteiger partial charge >= 0.3 is 0 Å². The predicted molar refractivity (Wildman–Crippen MR) is 97.9 cm³/mol. The van der Waals surface area contributed by atoms with Gasteiger partial charge in [-0.05, 0) is 24.1 Å². The second-order valence-electron chi connectivity index (χ2n) is 6.29. The lowest BCUT2D eigenvalue weighted by molar-refractivity contribution is 0.540. The molecule has 2 unspecified atom stereocenters. The molecule has 0 saturated carbocycles. The van der Waals surface area contributed by atoms with Crippen LogP contribution >= 0.6 is 23.2 Å². The number of halogens is 2. The molecular weight excluding hydrogens is 375 g/mol. The van der Waals surface area contributed by atoms with Crippen molar-refractivity contribution in [3.8, 4) is 0 Å². The number of hydrogen-bond donors (Lipinski definition) is 2. The van der Waals surface area contributed by atoms with Gasteiger partial charge in [0.05, 0.1) is 27.7 Å². The van der Waals surface area contributed by atoms with Gasteiger partial charge in [-0.2, -0.15) is 5.10 Å². The highest BCUT2D eigenvalue weighted by atomic mass is 35.5. The van der Waals surface area contributed by atoms with Crippen molar-refractivity contribution in [3.63, 3.8) is 0 Å². The van der Waals surface area contributed by atoms with E-state index in [1.807, 2.05) is 25.2 Å². The van der Waals surface area contributed by atoms with E-state index in [-0.39, 0.29) is 12.1 Å². The fourth-order valence-corrected chi connectivity index (χ4v) is 3.58. The molecule has 1 saturated heterocycles. The van der Waals surface area contributed by atoms with Crippen LogP contribution in [0.25, 0.3) is 16.7 Å². The Balaban J connectivity index is 1.47. The lowest BCUT2D eigenvalue weighted by Gasteiger charge is -2.10. The Morgan fingerprint density at radius 2 is 1.96 bits per heavy atom. The number of aryl methyl sites for hydroxylation is 1. The number of fused-ring (bicyclic) bond motifs is 3. The first-order chi connectivity index (χ1) is 12.6. The summed E-state index contributed by atoms with van der Waals surface area (Å²) in [6.45, 7) is 0. The molecule has 1 fully saturated rings. The van der Waals surface area contributed by atoms with Gasteiger partial charge < -0.3 is 0 Å². The molecule has 0 spiro atoms. The number of aromatic nitrogens is 6. The summed E-state index contributed by atoms with van der Waals surface area (Å²) in [5, 5.41) is 10.8. The molecule has 5 rings (SSSR count). The van der Waals surface area contributed by atoms with Gasteiger partial charge in [0.2, 0.25) is 0 Å². The smallest absolute Gasteiger partial charge is 0.170 e. The van der Waals surface area contributed by atoms with Gasteiger partial charge in [0, 0.05) is 13.1 Å². The van der Waals surface area contributed by atoms with Crippen molar-refractivity contribution in [2.24, 2.45) is 7.05 Å². The van der Waals surface area contributed by atoms with E-state index < -0.39 is 0 Å². The lowest BCUT2D eigenvalue weighted by atomic mass is 10.0. The van der Waals surface area contributed by atoms with Crippen molar-refractivity contribution in [1.29, 1.82) is 0 Å². The Hall–Kier alpha value is -2.26. The molecule has 132 valence electrons. The standard InChI is InChI=1S/C16H14Cl2N8/c1-25-15-9(6-20-25)16-21-14(24-26(16)7-19-15)13-5-12(22-23-13)8-2-3-10(17)11(18)4-8/h2-4,6-7,12-13,22-23H,5H2,1H3. The van der Waals surface area contributed by atoms with E-state index in [1.165, 1.54) is 0 Å². The molecule has 8 nitrogen and oxygen atoms in total. The van der Waals surface area contributed by atoms with Gasteiger partial charge in [0.1, 0.15) is 6.33 Å². The van der Waals surface area contributed by atoms with Crippen molar-refractivity contribution in [2.75, 3.05) is 0 Å². The Labute approximate surface area is 158 Å². The van der Waals surface area contributed by atoms with Crippen molar-refractivity contribution < 1.29 is 0 Å². The topological polar surface area (TPSA) is 85.0 Å². The van der Waals surface area contributed by atoms with E-state index in [0.717, 1.165) is 28.7 Å². The average molecular weight is 389 g/mol. The monoisotopic (exact) mass is 388 g/mol. The number of hydrogen-bond acceptors (Lipinski definition) is 6. The first-order valence-electron chi connectivity index (χ1n) is 8.09. The molecule has 3 aromatic heterocycles. The van der Waals surface area contributed by atoms with Crippen LogP contribution in [-0.2, 0) is 7.05 Å². The van der Waals surface area contributed by atoms with Gasteiger partial charge in [-0.3, -0.25) is 4.68 Å². The summed E-state index contributed by atoms with van der Waals surface area (Å²) in [6.07, 6.45) is 4.21. The van der Waals surface area contributed by atoms with Crippen molar-refractivity contribution in [3.05, 3.63) is 52.2 Å². The van der Waals surface area contributed by atoms with Crippen LogP contribution in [0.2, 0.25) is 10.0 Å². The molecule has 2 N–H and O–H groups in total. The summed E-state index contributed by atoms with van der Waals surface area (Å²) in [5.74, 6) is 0.707. The van der Waals surface area contributed by atoms with E-state index in [4.69, 9.17) is 28.2 Å². The normalized spacial score (nSPS) is 20.4. The summed E-state index contributed by atoms with van der Waals surface area (Å²) in [4.78, 5) is 9.09. The van der Waals surface area contributed by atoms with E-state index >= 15 is 0 Å². The molecule has 1 aromatic carbocycles. The van der Waals surface area contributed by atoms with Gasteiger partial charge in [0.25, 0.3) is 0 Å². The van der Waals surface area contributed by atoms with Crippen LogP contribution in [-0.4, -0.2) is 29.4 Å². The number of rotatable bonds is 2. The first kappa shape index (κ1) is 16.0. The second-order valence-corrected chi connectivity index (χ2v) is 7.11. The fraction of sp³-hybridized carbons (Fsp3) is 0.250. The Kier molecular flexibility index (Phi) is 3.61. The van der Waals surface area contributed by atoms with Gasteiger partial charge in [-0.25, -0.2) is 25.3 Å². The molecule has 26 heavy (non-hydrogen) atoms. The molecule has 4 aromatic rings. The number of nitrogens with one attached hydrogen (secondary N) is 2. The molecule has 0 aliphatic carbocycles. The van der Waals surface area contributed by atoms with Gasteiger partial charge in [0.15, 0.2) is 17.1 Å². The quantitative estimate of drug-likeness (QED) is 0.548. The Bertz CT molecular complexity index is 1130. The number of nitrogens with zero attached hydrogens (tertiary/aromatic N) is 6. The maximum atomic E-state index is 6.13. The van der Waals surface area contributed by atoms with E-state index in [0.29, 0.717) is 15.9 Å². The molecular formula is C16H14Cl2N8. The molecule has 0 amide bonds. The fourth-order valence-electron chi connectivity index (χ4n) is 3.28. The molecule has 10 heteroatoms. The highest BCUT2D eigenvalue weighted by Gasteiger charge is 2.29. The van der Waals surface area contributed by atoms with Crippen LogP contribution in [0, 0.1) is 0 Å². The predicted octanol–water partition coefficient (Wildman–Crippen LogP) is 2.60. The molecule has 4 heterocycles. The highest BCUT2D eigenvalue weighted by molar-refractivity contribution is 6.42. The summed E-state index contributed by atoms with van der Waals surface area (Å²) in [6, 6.07) is 5.73. The average Bonchev–Trinajstić information content (AvgIpc) is 3.34. The van der Waals surface area contributed by atoms with Crippen LogP contribution in [0.3, 0.4) is 0 Å². The highest BCUT2D eigenvalue weighted by Crippen LogP contribution is 2.33. The maximum Gasteiger partial charge on any atom is 0.170 e. The third-order valence-electron chi connectivity index (χ3n) is 4.65. The van der Waals surface area contributed by atoms with Crippen LogP contribution in [0.4, 0.5) is 0 Å². The zero-order valence-electron chi connectivity index (χ0n) is 13.7. The summed E-state index contributed by atoms with van der Waals surface area (Å²) >= 11 is 12.1. The van der Waals surface area contributed by atoms with Crippen molar-refractivity contribution in [2.45, 2.75) is 18.5 Å². The third-order valence-corrected chi connectivity index (χ3v) is 5.39. The minimum absolute atomic E-state index is 0.0268. The van der Waals surface area contributed by atoms with Gasteiger partial charge in [-0.1, -0.05) is 29.3 Å². The van der Waals surface area contributed by atoms with Crippen LogP contribution < -0.4 is 10.9 Å². The largest absolute Gasteiger partial charge is 0.250 e. The summed E-state index contributed by atoms with van der Waals surface area (Å²) < 4.78 is 3.41. The van der Waals surface area contributed by atoms with E-state index in [1.54, 1.807) is 21.7 Å². The molecule has 0 bridgehead atoms.